The Kier molecular flexibility index (Phi) is 7.13. The Bertz CT molecular complexity index is 1230. The molecule has 2 aliphatic heterocycles. The predicted octanol–water partition coefficient (Wildman–Crippen LogP) is 4.63. The van der Waals surface area contributed by atoms with Crippen molar-refractivity contribution in [2.75, 3.05) is 26.7 Å². The molecule has 4 rings (SSSR count). The Morgan fingerprint density at radius 1 is 1.11 bits per heavy atom. The zero-order valence-corrected chi connectivity index (χ0v) is 23.5. The molecule has 10 heteroatoms. The predicted molar refractivity (Wildman–Crippen MR) is 140 cm³/mol. The third kappa shape index (κ3) is 4.90. The quantitative estimate of drug-likeness (QED) is 0.362. The van der Waals surface area contributed by atoms with E-state index in [9.17, 15) is 22.0 Å². The van der Waals surface area contributed by atoms with Crippen molar-refractivity contribution in [2.45, 2.75) is 66.2 Å². The number of rotatable bonds is 5. The molecule has 0 N–H and O–H groups in total. The van der Waals surface area contributed by atoms with Gasteiger partial charge in [-0.25, -0.2) is 8.42 Å². The molecule has 1 fully saturated rings. The van der Waals surface area contributed by atoms with Crippen LogP contribution in [0.2, 0.25) is 0 Å². The van der Waals surface area contributed by atoms with Crippen molar-refractivity contribution in [1.82, 2.24) is 14.4 Å². The Morgan fingerprint density at radius 2 is 1.77 bits per heavy atom. The number of hydrogen-bond acceptors (Lipinski definition) is 4. The number of hydrogen-bond donors (Lipinski definition) is 0. The molecular weight excluding hydrogens is 587 g/mol. The van der Waals surface area contributed by atoms with Gasteiger partial charge in [0.2, 0.25) is 0 Å². The summed E-state index contributed by atoms with van der Waals surface area (Å²) in [4.78, 5) is 17.7. The molecule has 0 unspecified atom stereocenters. The number of aryl methyl sites for hydroxylation is 1. The van der Waals surface area contributed by atoms with Crippen molar-refractivity contribution in [2.24, 2.45) is 0 Å². The van der Waals surface area contributed by atoms with Crippen LogP contribution in [0.25, 0.3) is 0 Å². The van der Waals surface area contributed by atoms with E-state index < -0.39 is 19.0 Å². The van der Waals surface area contributed by atoms with Crippen LogP contribution < -0.4 is 0 Å². The van der Waals surface area contributed by atoms with E-state index >= 15 is 0 Å². The fourth-order valence-corrected chi connectivity index (χ4v) is 7.12. The van der Waals surface area contributed by atoms with E-state index in [-0.39, 0.29) is 22.8 Å². The molecule has 0 atom stereocenters. The molecule has 0 bridgehead atoms. The van der Waals surface area contributed by atoms with Crippen LogP contribution in [0.1, 0.15) is 54.0 Å². The molecule has 1 amide bonds. The molecule has 1 spiro atoms. The van der Waals surface area contributed by atoms with Gasteiger partial charge in [0.1, 0.15) is 0 Å². The second-order valence-electron chi connectivity index (χ2n) is 9.97. The third-order valence-corrected chi connectivity index (χ3v) is 10.2. The van der Waals surface area contributed by atoms with Crippen molar-refractivity contribution < 1.29 is 22.0 Å². The summed E-state index contributed by atoms with van der Waals surface area (Å²) in [6.45, 7) is 7.53. The highest BCUT2D eigenvalue weighted by molar-refractivity contribution is 14.1. The highest BCUT2D eigenvalue weighted by atomic mass is 127. The second kappa shape index (κ2) is 9.41. The smallest absolute Gasteiger partial charge is 0.301 e. The summed E-state index contributed by atoms with van der Waals surface area (Å²) in [5, 5.41) is -0.531. The normalized spacial score (nSPS) is 18.8. The topological polar surface area (TPSA) is 62.6 Å². The number of carbonyl (C=O) groups is 1. The number of likely N-dealkylation sites (tertiary alicyclic amines) is 1. The average Bonchev–Trinajstić information content (AvgIpc) is 3.18. The summed E-state index contributed by atoms with van der Waals surface area (Å²) in [7, 11) is -1.35. The lowest BCUT2D eigenvalue weighted by Gasteiger charge is -2.50. The summed E-state index contributed by atoms with van der Waals surface area (Å²) in [5.74, 6) is -0.115. The molecule has 192 valence electrons. The fraction of sp³-hybridized carbons (Fsp3) is 0.560. The number of benzene rings is 1. The molecule has 2 aliphatic rings. The van der Waals surface area contributed by atoms with Gasteiger partial charge in [-0.2, -0.15) is 8.78 Å². The van der Waals surface area contributed by atoms with Gasteiger partial charge in [-0.3, -0.25) is 9.69 Å². The minimum Gasteiger partial charge on any atom is -0.345 e. The number of fused-ring (bicyclic) bond motifs is 2. The molecule has 1 saturated heterocycles. The number of alkyl halides is 3. The molecule has 2 aromatic rings. The Labute approximate surface area is 219 Å². The number of carbonyl (C=O) groups excluding carboxylic acids is 1. The van der Waals surface area contributed by atoms with Crippen LogP contribution in [0.3, 0.4) is 0 Å². The van der Waals surface area contributed by atoms with E-state index in [1.165, 1.54) is 28.7 Å². The fourth-order valence-electron chi connectivity index (χ4n) is 5.46. The number of halogens is 3. The number of piperidine rings is 1. The standard InChI is InChI=1S/C25H32F2IN3O3S/c1-17(2)35(33,34)21-7-5-19(15-18(21)3)23(32)30-11-9-24(10-12-30)22-8-6-20(16-25(26,27)28)31(22)14-13-29(24)4/h5-8,15,17H,9-14,16H2,1-4H3. The van der Waals surface area contributed by atoms with Gasteiger partial charge in [-0.1, -0.05) is 0 Å². The first-order chi connectivity index (χ1) is 16.3. The number of likely N-dealkylation sites (N-methyl/N-ethyl adjacent to an activating group) is 1. The van der Waals surface area contributed by atoms with Crippen LogP contribution >= 0.6 is 22.6 Å². The van der Waals surface area contributed by atoms with Gasteiger partial charge >= 0.3 is 3.93 Å². The lowest BCUT2D eigenvalue weighted by molar-refractivity contribution is 0.0121. The molecular formula is C25H32F2IN3O3S. The van der Waals surface area contributed by atoms with Crippen LogP contribution in [-0.2, 0) is 28.3 Å². The van der Waals surface area contributed by atoms with Crippen LogP contribution in [0.5, 0.6) is 0 Å². The van der Waals surface area contributed by atoms with Gasteiger partial charge in [-0.05, 0) is 99.1 Å². The highest BCUT2D eigenvalue weighted by Gasteiger charge is 2.45. The first kappa shape index (κ1) is 26.5. The Balaban J connectivity index is 1.53. The summed E-state index contributed by atoms with van der Waals surface area (Å²) < 4.78 is 51.8. The maximum Gasteiger partial charge on any atom is 0.301 e. The summed E-state index contributed by atoms with van der Waals surface area (Å²) in [6.07, 6.45) is 1.12. The zero-order valence-electron chi connectivity index (χ0n) is 20.5. The van der Waals surface area contributed by atoms with Crippen molar-refractivity contribution >= 4 is 38.3 Å². The number of nitrogens with zero attached hydrogens (tertiary/aromatic N) is 3. The molecule has 35 heavy (non-hydrogen) atoms. The molecule has 6 nitrogen and oxygen atoms in total. The van der Waals surface area contributed by atoms with E-state index in [1.54, 1.807) is 32.9 Å². The van der Waals surface area contributed by atoms with Crippen molar-refractivity contribution in [3.63, 3.8) is 0 Å². The van der Waals surface area contributed by atoms with Crippen LogP contribution in [-0.4, -0.2) is 64.6 Å². The van der Waals surface area contributed by atoms with Crippen LogP contribution in [0.4, 0.5) is 8.78 Å². The zero-order chi connectivity index (χ0) is 25.8. The minimum absolute atomic E-state index is 0.115. The largest absolute Gasteiger partial charge is 0.345 e. The van der Waals surface area contributed by atoms with E-state index in [0.717, 1.165) is 12.2 Å². The van der Waals surface area contributed by atoms with Crippen LogP contribution in [0, 0.1) is 6.92 Å². The molecule has 3 heterocycles. The van der Waals surface area contributed by atoms with Gasteiger partial charge in [0.15, 0.2) is 9.84 Å². The number of amides is 1. The van der Waals surface area contributed by atoms with Gasteiger partial charge in [0.25, 0.3) is 5.91 Å². The minimum atomic E-state index is -3.42. The van der Waals surface area contributed by atoms with E-state index in [4.69, 9.17) is 0 Å². The summed E-state index contributed by atoms with van der Waals surface area (Å²) in [5.41, 5.74) is 2.46. The van der Waals surface area contributed by atoms with E-state index in [0.29, 0.717) is 49.3 Å². The van der Waals surface area contributed by atoms with E-state index in [2.05, 4.69) is 11.9 Å². The lowest BCUT2D eigenvalue weighted by atomic mass is 9.81. The number of aromatic nitrogens is 1. The van der Waals surface area contributed by atoms with Gasteiger partial charge in [-0.15, -0.1) is 0 Å². The molecule has 0 radical (unpaired) electrons. The molecule has 0 aliphatic carbocycles. The average molecular weight is 620 g/mol. The molecule has 0 saturated carbocycles. The second-order valence-corrected chi connectivity index (χ2v) is 14.0. The first-order valence-electron chi connectivity index (χ1n) is 11.9. The molecule has 1 aromatic heterocycles. The van der Waals surface area contributed by atoms with Gasteiger partial charge < -0.3 is 9.47 Å². The SMILES string of the molecule is Cc1cc(C(=O)N2CCC3(CC2)c2ccc(CC(F)(F)I)n2CCN3C)ccc1S(=O)(=O)C(C)C. The maximum absolute atomic E-state index is 13.7. The lowest BCUT2D eigenvalue weighted by Crippen LogP contribution is -2.56. The monoisotopic (exact) mass is 619 g/mol. The van der Waals surface area contributed by atoms with Crippen molar-refractivity contribution in [3.8, 4) is 0 Å². The summed E-state index contributed by atoms with van der Waals surface area (Å²) >= 11 is 1.19. The molecule has 1 aromatic carbocycles. The van der Waals surface area contributed by atoms with Crippen molar-refractivity contribution in [3.05, 3.63) is 52.8 Å². The Morgan fingerprint density at radius 3 is 2.34 bits per heavy atom. The third-order valence-electron chi connectivity index (χ3n) is 7.55. The van der Waals surface area contributed by atoms with E-state index in [1.807, 2.05) is 21.6 Å². The first-order valence-corrected chi connectivity index (χ1v) is 14.5. The van der Waals surface area contributed by atoms with Crippen LogP contribution in [0.15, 0.2) is 35.2 Å². The van der Waals surface area contributed by atoms with Gasteiger partial charge in [0, 0.05) is 43.1 Å². The highest BCUT2D eigenvalue weighted by Crippen LogP contribution is 2.42. The van der Waals surface area contributed by atoms with Crippen molar-refractivity contribution in [1.29, 1.82) is 0 Å². The summed E-state index contributed by atoms with van der Waals surface area (Å²) in [6, 6.07) is 8.59. The maximum atomic E-state index is 13.7. The van der Waals surface area contributed by atoms with Gasteiger partial charge in [0.05, 0.1) is 22.1 Å². The Hall–Kier alpha value is -1.53. The number of sulfone groups is 1.